The van der Waals surface area contributed by atoms with Crippen LogP contribution in [0.2, 0.25) is 10.0 Å². The molecule has 8 aromatic rings. The largest absolute Gasteiger partial charge is 2.00 e. The summed E-state index contributed by atoms with van der Waals surface area (Å²) in [5.74, 6) is -4.56. The van der Waals surface area contributed by atoms with Crippen LogP contribution in [0, 0.1) is 22.5 Å². The predicted octanol–water partition coefficient (Wildman–Crippen LogP) is 9.03. The van der Waals surface area contributed by atoms with Crippen molar-refractivity contribution in [2.75, 3.05) is 48.7 Å². The number of ether oxygens (including phenoxy) is 6. The van der Waals surface area contributed by atoms with E-state index in [0.29, 0.717) is 80.4 Å². The molecule has 0 saturated heterocycles. The van der Waals surface area contributed by atoms with Crippen LogP contribution in [0.1, 0.15) is 38.5 Å². The number of methoxy groups -OCH3 is 2. The molecule has 0 atom stereocenters. The number of nitrogens with zero attached hydrogens (tertiary/aromatic N) is 2. The van der Waals surface area contributed by atoms with Gasteiger partial charge in [-0.15, -0.1) is 0 Å². The van der Waals surface area contributed by atoms with Gasteiger partial charge in [0.1, 0.15) is 22.3 Å². The predicted molar refractivity (Wildman–Crippen MR) is 306 cm³/mol. The molecule has 25 heteroatoms. The Labute approximate surface area is 523 Å². The number of carboxylic acids is 2. The minimum absolute atomic E-state index is 0. The number of rotatable bonds is 22. The maximum Gasteiger partial charge on any atom is 2.00 e. The summed E-state index contributed by atoms with van der Waals surface area (Å²) in [7, 11) is 2.84. The molecule has 2 aromatic heterocycles. The Hall–Kier alpha value is -8.54. The van der Waals surface area contributed by atoms with E-state index in [1.807, 2.05) is 0 Å². The van der Waals surface area contributed by atoms with E-state index in [9.17, 15) is 39.0 Å². The summed E-state index contributed by atoms with van der Waals surface area (Å²) < 4.78 is 63.6. The number of carboxylic acid groups (broad SMARTS) is 2. The molecule has 2 heterocycles. The molecule has 432 valence electrons. The number of anilines is 4. The summed E-state index contributed by atoms with van der Waals surface area (Å²) in [5.41, 5.74) is -0.373. The number of hydrogen-bond donors (Lipinski definition) is 4. The van der Waals surface area contributed by atoms with Gasteiger partial charge in [-0.25, -0.2) is 8.78 Å². The number of carbonyl (C=O) groups is 6. The van der Waals surface area contributed by atoms with Gasteiger partial charge >= 0.3 is 37.7 Å². The number of halogens is 4. The van der Waals surface area contributed by atoms with E-state index < -0.39 is 58.0 Å². The van der Waals surface area contributed by atoms with Crippen LogP contribution in [0.3, 0.4) is 0 Å². The summed E-state index contributed by atoms with van der Waals surface area (Å²) in [6.07, 6.45) is 3.76. The van der Waals surface area contributed by atoms with E-state index in [-0.39, 0.29) is 110 Å². The molecule has 2 aliphatic rings. The van der Waals surface area contributed by atoms with Crippen LogP contribution in [0.5, 0.6) is 46.0 Å². The second-order valence-corrected chi connectivity index (χ2v) is 20.0. The van der Waals surface area contributed by atoms with Gasteiger partial charge in [-0.1, -0.05) is 35.3 Å². The van der Waals surface area contributed by atoms with Gasteiger partial charge in [-0.3, -0.25) is 29.1 Å². The van der Waals surface area contributed by atoms with Crippen molar-refractivity contribution in [3.05, 3.63) is 155 Å². The van der Waals surface area contributed by atoms with Crippen molar-refractivity contribution in [1.82, 2.24) is 9.97 Å². The van der Waals surface area contributed by atoms with Gasteiger partial charge in [-0.2, -0.15) is 0 Å². The van der Waals surface area contributed by atoms with Crippen molar-refractivity contribution in [3.63, 3.8) is 0 Å². The molecule has 4 amide bonds. The number of nitrogens with one attached hydrogen (secondary N) is 4. The van der Waals surface area contributed by atoms with Crippen molar-refractivity contribution in [2.24, 2.45) is 10.8 Å². The van der Waals surface area contributed by atoms with Crippen LogP contribution < -0.4 is 59.9 Å². The maximum absolute atomic E-state index is 15.1. The standard InChI is InChI=1S/2C30H25ClFN3O7.Ca/c2*1-40-25-15-20-22(16-26(25)41-12-8-27(36)37)33-11-7-23(20)42-24-6-5-19(14-21(24)32)35-29(39)30(9-10-30)28(38)34-18-4-2-3-17(31)13-18;/h2*2-7,11,13-16H,8-10,12H2,1H3,(H,34,38)(H,35,39)(H,36,37);/q;;+2/p-2. The maximum atomic E-state index is 15.1. The number of carbonyl (C=O) groups excluding carboxylic acids is 6. The topological polar surface area (TPSA) is 278 Å². The van der Waals surface area contributed by atoms with Gasteiger partial charge < -0.3 is 69.5 Å². The number of benzene rings is 6. The van der Waals surface area contributed by atoms with Gasteiger partial charge in [-0.05, 0) is 111 Å². The van der Waals surface area contributed by atoms with E-state index in [4.69, 9.17) is 51.6 Å². The van der Waals surface area contributed by atoms with E-state index in [1.54, 1.807) is 84.9 Å². The number of fused-ring (bicyclic) bond motifs is 2. The Morgan fingerprint density at radius 3 is 1.16 bits per heavy atom. The van der Waals surface area contributed by atoms with Crippen LogP contribution in [0.4, 0.5) is 31.5 Å². The van der Waals surface area contributed by atoms with Gasteiger partial charge in [0.05, 0.1) is 38.5 Å². The minimum atomic E-state index is -1.25. The molecule has 2 aliphatic carbocycles. The van der Waals surface area contributed by atoms with Crippen molar-refractivity contribution in [1.29, 1.82) is 0 Å². The minimum Gasteiger partial charge on any atom is -0.550 e. The van der Waals surface area contributed by atoms with Gasteiger partial charge in [0.15, 0.2) is 46.1 Å². The first kappa shape index (κ1) is 62.5. The molecular formula is C60H48CaCl2F2N6O14. The summed E-state index contributed by atoms with van der Waals surface area (Å²) in [6, 6.07) is 30.4. The zero-order valence-corrected chi connectivity index (χ0v) is 48.9. The van der Waals surface area contributed by atoms with Gasteiger partial charge in [0.25, 0.3) is 0 Å². The molecular weight excluding hydrogens is 1180 g/mol. The molecule has 0 aliphatic heterocycles. The summed E-state index contributed by atoms with van der Waals surface area (Å²) in [5, 5.41) is 33.9. The van der Waals surface area contributed by atoms with Crippen LogP contribution in [-0.4, -0.2) is 111 Å². The number of aromatic nitrogens is 2. The molecule has 6 aromatic carbocycles. The summed E-state index contributed by atoms with van der Waals surface area (Å²) in [4.78, 5) is 81.7. The van der Waals surface area contributed by atoms with E-state index in [1.165, 1.54) is 50.9 Å². The third-order valence-electron chi connectivity index (χ3n) is 13.3. The molecule has 4 N–H and O–H groups in total. The number of amides is 4. The Morgan fingerprint density at radius 1 is 0.482 bits per heavy atom. The van der Waals surface area contributed by atoms with Crippen molar-refractivity contribution in [2.45, 2.75) is 38.5 Å². The fourth-order valence-corrected chi connectivity index (χ4v) is 8.91. The first-order valence-corrected chi connectivity index (χ1v) is 26.4. The number of pyridine rings is 2. The number of hydrogen-bond acceptors (Lipinski definition) is 16. The Balaban J connectivity index is 0.000000219. The average Bonchev–Trinajstić information content (AvgIpc) is 4.23. The molecule has 2 fully saturated rings. The Bertz CT molecular complexity index is 3640. The first-order valence-electron chi connectivity index (χ1n) is 25.7. The molecule has 0 bridgehead atoms. The quantitative estimate of drug-likeness (QED) is 0.0364. The molecule has 0 radical (unpaired) electrons. The molecule has 0 unspecified atom stereocenters. The molecule has 2 saturated carbocycles. The Kier molecular flexibility index (Phi) is 20.2. The number of aliphatic carboxylic acids is 2. The normalized spacial score (nSPS) is 13.1. The average molecular weight is 1230 g/mol. The molecule has 10 rings (SSSR count). The molecule has 0 spiro atoms. The van der Waals surface area contributed by atoms with Crippen molar-refractivity contribution >= 4 is 141 Å². The Morgan fingerprint density at radius 2 is 0.847 bits per heavy atom. The van der Waals surface area contributed by atoms with Crippen LogP contribution in [0.25, 0.3) is 21.8 Å². The second-order valence-electron chi connectivity index (χ2n) is 19.1. The SMILES string of the molecule is COc1cc2c(Oc3ccc(NC(=O)C4(C(=O)Nc5cccc(Cl)c5)CC4)cc3F)ccnc2cc1OCCC(=O)[O-].COc1cc2c(Oc3ccc(NC(=O)C4(C(=O)Nc5cccc(Cl)c5)CC4)cc3F)ccnc2cc1OCCC(=O)[O-].[Ca+2]. The first-order chi connectivity index (χ1) is 40.4. The van der Waals surface area contributed by atoms with Crippen LogP contribution >= 0.6 is 23.2 Å². The zero-order valence-electron chi connectivity index (χ0n) is 45.2. The summed E-state index contributed by atoms with van der Waals surface area (Å²) >= 11 is 11.9. The molecule has 20 nitrogen and oxygen atoms in total. The van der Waals surface area contributed by atoms with E-state index >= 15 is 8.78 Å². The smallest absolute Gasteiger partial charge is 0.550 e. The monoisotopic (exact) mass is 1220 g/mol. The van der Waals surface area contributed by atoms with Gasteiger partial charge in [0, 0.05) is 105 Å². The van der Waals surface area contributed by atoms with Crippen LogP contribution in [-0.2, 0) is 28.8 Å². The van der Waals surface area contributed by atoms with Crippen LogP contribution in [0.15, 0.2) is 134 Å². The summed E-state index contributed by atoms with van der Waals surface area (Å²) in [6.45, 7) is -0.246. The van der Waals surface area contributed by atoms with E-state index in [0.717, 1.165) is 12.1 Å². The van der Waals surface area contributed by atoms with Crippen molar-refractivity contribution < 1.29 is 76.2 Å². The third kappa shape index (κ3) is 15.2. The fraction of sp³-hybridized carbons (Fsp3) is 0.200. The van der Waals surface area contributed by atoms with Crippen molar-refractivity contribution in [3.8, 4) is 46.0 Å². The van der Waals surface area contributed by atoms with Gasteiger partial charge in [0.2, 0.25) is 23.6 Å². The molecule has 85 heavy (non-hydrogen) atoms. The second kappa shape index (κ2) is 27.4. The van der Waals surface area contributed by atoms with E-state index in [2.05, 4.69) is 31.2 Å². The zero-order chi connectivity index (χ0) is 59.7. The fourth-order valence-electron chi connectivity index (χ4n) is 8.53. The third-order valence-corrected chi connectivity index (χ3v) is 13.8.